The van der Waals surface area contributed by atoms with Crippen LogP contribution in [0.2, 0.25) is 5.02 Å². The van der Waals surface area contributed by atoms with Gasteiger partial charge >= 0.3 is 5.97 Å². The molecule has 6 heteroatoms. The summed E-state index contributed by atoms with van der Waals surface area (Å²) in [5.74, 6) is 0.0768. The Morgan fingerprint density at radius 1 is 1.15 bits per heavy atom. The Bertz CT molecular complexity index is 525. The van der Waals surface area contributed by atoms with E-state index in [1.807, 2.05) is 11.0 Å². The summed E-state index contributed by atoms with van der Waals surface area (Å²) in [5.41, 5.74) is 0.967. The zero-order valence-electron chi connectivity index (χ0n) is 11.6. The smallest absolute Gasteiger partial charge is 0.308 e. The number of benzene rings is 1. The van der Waals surface area contributed by atoms with Gasteiger partial charge in [0, 0.05) is 45.7 Å². The van der Waals surface area contributed by atoms with E-state index in [1.165, 1.54) is 6.92 Å². The summed E-state index contributed by atoms with van der Waals surface area (Å²) >= 11 is 6.10. The lowest BCUT2D eigenvalue weighted by Crippen LogP contribution is -2.48. The first-order chi connectivity index (χ1) is 9.47. The molecule has 0 spiro atoms. The van der Waals surface area contributed by atoms with Gasteiger partial charge in [-0.3, -0.25) is 9.59 Å². The second-order valence-electron chi connectivity index (χ2n) is 4.70. The zero-order chi connectivity index (χ0) is 14.7. The number of ether oxygens (including phenoxy) is 1. The number of anilines is 1. The van der Waals surface area contributed by atoms with Gasteiger partial charge in [0.25, 0.3) is 0 Å². The summed E-state index contributed by atoms with van der Waals surface area (Å²) in [5, 5.41) is 0.409. The van der Waals surface area contributed by atoms with Gasteiger partial charge in [-0.2, -0.15) is 0 Å². The van der Waals surface area contributed by atoms with Crippen LogP contribution in [0.1, 0.15) is 13.8 Å². The number of nitrogens with zero attached hydrogens (tertiary/aromatic N) is 2. The number of piperazine rings is 1. The van der Waals surface area contributed by atoms with E-state index in [9.17, 15) is 9.59 Å². The molecule has 1 amide bonds. The normalized spacial score (nSPS) is 15.2. The Morgan fingerprint density at radius 2 is 1.80 bits per heavy atom. The van der Waals surface area contributed by atoms with Crippen LogP contribution in [0.3, 0.4) is 0 Å². The van der Waals surface area contributed by atoms with Gasteiger partial charge in [0.1, 0.15) is 5.75 Å². The number of hydrogen-bond acceptors (Lipinski definition) is 4. The molecule has 20 heavy (non-hydrogen) atoms. The van der Waals surface area contributed by atoms with Crippen LogP contribution in [0.4, 0.5) is 5.69 Å². The predicted molar refractivity (Wildman–Crippen MR) is 77.2 cm³/mol. The van der Waals surface area contributed by atoms with Crippen molar-refractivity contribution in [3.8, 4) is 5.75 Å². The van der Waals surface area contributed by atoms with Gasteiger partial charge in [0.15, 0.2) is 0 Å². The molecular weight excluding hydrogens is 280 g/mol. The van der Waals surface area contributed by atoms with Crippen molar-refractivity contribution in [3.63, 3.8) is 0 Å². The standard InChI is InChI=1S/C14H17ClN2O3/c1-10(18)16-5-7-17(8-6-16)12-3-4-14(13(15)9-12)20-11(2)19/h3-4,9H,5-8H2,1-2H3. The fourth-order valence-electron chi connectivity index (χ4n) is 2.20. The molecule has 0 N–H and O–H groups in total. The van der Waals surface area contributed by atoms with Crippen LogP contribution >= 0.6 is 11.6 Å². The van der Waals surface area contributed by atoms with E-state index < -0.39 is 5.97 Å². The molecule has 2 rings (SSSR count). The number of hydrogen-bond donors (Lipinski definition) is 0. The number of rotatable bonds is 2. The summed E-state index contributed by atoms with van der Waals surface area (Å²) in [6.07, 6.45) is 0. The van der Waals surface area contributed by atoms with Crippen molar-refractivity contribution < 1.29 is 14.3 Å². The number of esters is 1. The average Bonchev–Trinajstić information content (AvgIpc) is 2.41. The Balaban J connectivity index is 2.05. The molecule has 108 valence electrons. The molecular formula is C14H17ClN2O3. The molecule has 1 aromatic rings. The number of amides is 1. The van der Waals surface area contributed by atoms with Crippen molar-refractivity contribution >= 4 is 29.2 Å². The number of halogens is 1. The van der Waals surface area contributed by atoms with Crippen molar-refractivity contribution in [3.05, 3.63) is 23.2 Å². The maximum atomic E-state index is 11.3. The Morgan fingerprint density at radius 3 is 2.30 bits per heavy atom. The molecule has 1 fully saturated rings. The monoisotopic (exact) mass is 296 g/mol. The van der Waals surface area contributed by atoms with Crippen molar-refractivity contribution in [2.24, 2.45) is 0 Å². The molecule has 5 nitrogen and oxygen atoms in total. The van der Waals surface area contributed by atoms with Crippen LogP contribution in [0.25, 0.3) is 0 Å². The molecule has 0 saturated carbocycles. The highest BCUT2D eigenvalue weighted by atomic mass is 35.5. The second-order valence-corrected chi connectivity index (χ2v) is 5.11. The molecule has 0 atom stereocenters. The van der Waals surface area contributed by atoms with Crippen molar-refractivity contribution in [2.45, 2.75) is 13.8 Å². The van der Waals surface area contributed by atoms with Gasteiger partial charge in [0.2, 0.25) is 5.91 Å². The van der Waals surface area contributed by atoms with E-state index in [-0.39, 0.29) is 5.91 Å². The van der Waals surface area contributed by atoms with Crippen LogP contribution < -0.4 is 9.64 Å². The SMILES string of the molecule is CC(=O)Oc1ccc(N2CCN(C(C)=O)CC2)cc1Cl. The molecule has 0 bridgehead atoms. The van der Waals surface area contributed by atoms with E-state index in [0.717, 1.165) is 18.8 Å². The third kappa shape index (κ3) is 3.42. The summed E-state index contributed by atoms with van der Waals surface area (Å²) < 4.78 is 4.99. The van der Waals surface area contributed by atoms with E-state index in [2.05, 4.69) is 4.90 Å². The topological polar surface area (TPSA) is 49.9 Å². The van der Waals surface area contributed by atoms with Crippen LogP contribution in [-0.2, 0) is 9.59 Å². The summed E-state index contributed by atoms with van der Waals surface area (Å²) in [6.45, 7) is 5.87. The minimum Gasteiger partial charge on any atom is -0.425 e. The van der Waals surface area contributed by atoms with Gasteiger partial charge in [-0.05, 0) is 18.2 Å². The van der Waals surface area contributed by atoms with Crippen molar-refractivity contribution in [1.82, 2.24) is 4.90 Å². The summed E-state index contributed by atoms with van der Waals surface area (Å²) in [4.78, 5) is 26.2. The van der Waals surface area contributed by atoms with E-state index in [1.54, 1.807) is 19.1 Å². The lowest BCUT2D eigenvalue weighted by Gasteiger charge is -2.35. The molecule has 1 saturated heterocycles. The minimum absolute atomic E-state index is 0.105. The van der Waals surface area contributed by atoms with Crippen LogP contribution in [0.15, 0.2) is 18.2 Å². The second kappa shape index (κ2) is 6.13. The fraction of sp³-hybridized carbons (Fsp3) is 0.429. The molecule has 0 aliphatic carbocycles. The van der Waals surface area contributed by atoms with Gasteiger partial charge in [-0.15, -0.1) is 0 Å². The van der Waals surface area contributed by atoms with Crippen molar-refractivity contribution in [2.75, 3.05) is 31.1 Å². The van der Waals surface area contributed by atoms with Gasteiger partial charge in [0.05, 0.1) is 5.02 Å². The summed E-state index contributed by atoms with van der Waals surface area (Å²) in [7, 11) is 0. The number of carbonyl (C=O) groups is 2. The quantitative estimate of drug-likeness (QED) is 0.618. The maximum absolute atomic E-state index is 11.3. The number of carbonyl (C=O) groups excluding carboxylic acids is 2. The molecule has 0 radical (unpaired) electrons. The zero-order valence-corrected chi connectivity index (χ0v) is 12.3. The summed E-state index contributed by atoms with van der Waals surface area (Å²) in [6, 6.07) is 5.34. The van der Waals surface area contributed by atoms with Gasteiger partial charge in [-0.1, -0.05) is 11.6 Å². The van der Waals surface area contributed by atoms with Gasteiger partial charge < -0.3 is 14.5 Å². The Labute approximate surface area is 123 Å². The van der Waals surface area contributed by atoms with E-state index >= 15 is 0 Å². The first kappa shape index (κ1) is 14.7. The molecule has 0 unspecified atom stereocenters. The first-order valence-corrected chi connectivity index (χ1v) is 6.83. The third-order valence-corrected chi connectivity index (χ3v) is 3.55. The highest BCUT2D eigenvalue weighted by molar-refractivity contribution is 6.32. The lowest BCUT2D eigenvalue weighted by molar-refractivity contribution is -0.132. The van der Waals surface area contributed by atoms with E-state index in [0.29, 0.717) is 23.9 Å². The third-order valence-electron chi connectivity index (χ3n) is 3.26. The molecule has 1 aliphatic rings. The van der Waals surface area contributed by atoms with Crippen LogP contribution in [-0.4, -0.2) is 43.0 Å². The molecule has 1 aromatic carbocycles. The Hall–Kier alpha value is -1.75. The van der Waals surface area contributed by atoms with Gasteiger partial charge in [-0.25, -0.2) is 0 Å². The fourth-order valence-corrected chi connectivity index (χ4v) is 2.42. The lowest BCUT2D eigenvalue weighted by atomic mass is 10.2. The van der Waals surface area contributed by atoms with Crippen LogP contribution in [0.5, 0.6) is 5.75 Å². The Kier molecular flexibility index (Phi) is 4.49. The predicted octanol–water partition coefficient (Wildman–Crippen LogP) is 1.93. The molecule has 1 aliphatic heterocycles. The van der Waals surface area contributed by atoms with Crippen LogP contribution in [0, 0.1) is 0 Å². The highest BCUT2D eigenvalue weighted by Crippen LogP contribution is 2.30. The first-order valence-electron chi connectivity index (χ1n) is 6.46. The largest absolute Gasteiger partial charge is 0.425 e. The van der Waals surface area contributed by atoms with Crippen molar-refractivity contribution in [1.29, 1.82) is 0 Å². The van der Waals surface area contributed by atoms with E-state index in [4.69, 9.17) is 16.3 Å². The molecule has 0 aromatic heterocycles. The highest BCUT2D eigenvalue weighted by Gasteiger charge is 2.19. The average molecular weight is 297 g/mol. The molecule has 1 heterocycles. The minimum atomic E-state index is -0.394. The maximum Gasteiger partial charge on any atom is 0.308 e.